The zero-order chi connectivity index (χ0) is 17.0. The molecule has 1 aromatic carbocycles. The van der Waals surface area contributed by atoms with Crippen LogP contribution < -0.4 is 5.32 Å². The number of hydrogen-bond donors (Lipinski definition) is 1. The molecule has 1 N–H and O–H groups in total. The molecule has 6 nitrogen and oxygen atoms in total. The van der Waals surface area contributed by atoms with Crippen molar-refractivity contribution in [3.8, 4) is 0 Å². The van der Waals surface area contributed by atoms with Crippen molar-refractivity contribution in [2.24, 2.45) is 0 Å². The predicted molar refractivity (Wildman–Crippen MR) is 88.7 cm³/mol. The van der Waals surface area contributed by atoms with E-state index in [1.54, 1.807) is 44.4 Å². The number of hydrogen-bond acceptors (Lipinski definition) is 4. The van der Waals surface area contributed by atoms with Crippen LogP contribution in [0.5, 0.6) is 0 Å². The normalized spacial score (nSPS) is 19.7. The highest BCUT2D eigenvalue weighted by atomic mass is 32.2. The number of amides is 2. The van der Waals surface area contributed by atoms with Gasteiger partial charge in [0.05, 0.1) is 11.5 Å². The van der Waals surface area contributed by atoms with Gasteiger partial charge in [-0.2, -0.15) is 0 Å². The molecule has 1 aliphatic heterocycles. The summed E-state index contributed by atoms with van der Waals surface area (Å²) in [6.07, 6.45) is 3.46. The van der Waals surface area contributed by atoms with Crippen molar-refractivity contribution in [2.45, 2.75) is 12.5 Å². The van der Waals surface area contributed by atoms with Gasteiger partial charge >= 0.3 is 0 Å². The molecule has 0 radical (unpaired) electrons. The zero-order valence-corrected chi connectivity index (χ0v) is 14.0. The summed E-state index contributed by atoms with van der Waals surface area (Å²) in [6.45, 7) is 0. The average molecular weight is 336 g/mol. The lowest BCUT2D eigenvalue weighted by atomic mass is 10.1. The largest absolute Gasteiger partial charge is 0.349 e. The molecule has 1 aromatic rings. The molecule has 1 heterocycles. The van der Waals surface area contributed by atoms with Gasteiger partial charge in [0.1, 0.15) is 0 Å². The molecule has 1 aliphatic rings. The molecule has 0 bridgehead atoms. The molecule has 0 spiro atoms. The Bertz CT molecular complexity index is 721. The Balaban J connectivity index is 1.92. The topological polar surface area (TPSA) is 83.6 Å². The van der Waals surface area contributed by atoms with Crippen LogP contribution in [0.25, 0.3) is 6.08 Å². The number of benzene rings is 1. The van der Waals surface area contributed by atoms with E-state index in [4.69, 9.17) is 0 Å². The number of rotatable bonds is 4. The molecular weight excluding hydrogens is 316 g/mol. The van der Waals surface area contributed by atoms with Crippen molar-refractivity contribution >= 4 is 27.7 Å². The molecule has 1 fully saturated rings. The van der Waals surface area contributed by atoms with Gasteiger partial charge in [0.25, 0.3) is 5.91 Å². The first-order valence-corrected chi connectivity index (χ1v) is 9.10. The fourth-order valence-electron chi connectivity index (χ4n) is 2.33. The van der Waals surface area contributed by atoms with E-state index in [9.17, 15) is 18.0 Å². The van der Waals surface area contributed by atoms with Crippen LogP contribution in [-0.4, -0.2) is 56.8 Å². The van der Waals surface area contributed by atoms with Gasteiger partial charge in [-0.05, 0) is 30.2 Å². The summed E-state index contributed by atoms with van der Waals surface area (Å²) in [7, 11) is 0.366. The first-order valence-electron chi connectivity index (χ1n) is 7.27. The average Bonchev–Trinajstić information content (AvgIpc) is 2.83. The predicted octanol–water partition coefficient (Wildman–Crippen LogP) is 0.705. The van der Waals surface area contributed by atoms with Crippen molar-refractivity contribution in [3.63, 3.8) is 0 Å². The molecule has 124 valence electrons. The van der Waals surface area contributed by atoms with Crippen molar-refractivity contribution in [1.82, 2.24) is 10.2 Å². The number of nitrogens with one attached hydrogen (secondary N) is 1. The van der Waals surface area contributed by atoms with E-state index in [0.717, 1.165) is 5.56 Å². The summed E-state index contributed by atoms with van der Waals surface area (Å²) in [5, 5.41) is 2.68. The lowest BCUT2D eigenvalue weighted by Gasteiger charge is -2.10. The lowest BCUT2D eigenvalue weighted by molar-refractivity contribution is -0.116. The quantitative estimate of drug-likeness (QED) is 0.821. The second-order valence-corrected chi connectivity index (χ2v) is 7.99. The number of carbonyl (C=O) groups excluding carboxylic acids is 2. The van der Waals surface area contributed by atoms with Crippen LogP contribution in [0, 0.1) is 0 Å². The lowest BCUT2D eigenvalue weighted by Crippen LogP contribution is -2.34. The summed E-state index contributed by atoms with van der Waals surface area (Å²) in [6, 6.07) is 6.59. The minimum atomic E-state index is -3.00. The van der Waals surface area contributed by atoms with Crippen LogP contribution in [0.1, 0.15) is 22.3 Å². The van der Waals surface area contributed by atoms with E-state index in [-0.39, 0.29) is 29.4 Å². The van der Waals surface area contributed by atoms with Crippen LogP contribution in [0.15, 0.2) is 30.3 Å². The molecule has 0 aliphatic carbocycles. The second kappa shape index (κ2) is 6.95. The van der Waals surface area contributed by atoms with Gasteiger partial charge in [0.15, 0.2) is 9.84 Å². The maximum Gasteiger partial charge on any atom is 0.253 e. The fourth-order valence-corrected chi connectivity index (χ4v) is 4.00. The maximum absolute atomic E-state index is 11.8. The molecule has 0 aromatic heterocycles. The van der Waals surface area contributed by atoms with Gasteiger partial charge in [0, 0.05) is 31.8 Å². The molecule has 23 heavy (non-hydrogen) atoms. The Labute approximate surface area is 136 Å². The van der Waals surface area contributed by atoms with Crippen LogP contribution in [0.2, 0.25) is 0 Å². The van der Waals surface area contributed by atoms with Gasteiger partial charge in [-0.3, -0.25) is 9.59 Å². The standard InChI is InChI=1S/C16H20N2O4S/c1-18(2)16(20)13-6-3-12(4-7-13)5-8-15(19)17-14-9-10-23(21,22)11-14/h3-8,14H,9-11H2,1-2H3,(H,17,19)/b8-5+. The van der Waals surface area contributed by atoms with Crippen LogP contribution in [0.3, 0.4) is 0 Å². The van der Waals surface area contributed by atoms with Gasteiger partial charge in [0.2, 0.25) is 5.91 Å². The highest BCUT2D eigenvalue weighted by Crippen LogP contribution is 2.11. The van der Waals surface area contributed by atoms with Crippen molar-refractivity contribution < 1.29 is 18.0 Å². The van der Waals surface area contributed by atoms with Crippen LogP contribution in [0.4, 0.5) is 0 Å². The first-order chi connectivity index (χ1) is 10.8. The smallest absolute Gasteiger partial charge is 0.253 e. The fraction of sp³-hybridized carbons (Fsp3) is 0.375. The van der Waals surface area contributed by atoms with E-state index in [1.807, 2.05) is 0 Å². The van der Waals surface area contributed by atoms with Crippen LogP contribution in [-0.2, 0) is 14.6 Å². The summed E-state index contributed by atoms with van der Waals surface area (Å²) in [5.41, 5.74) is 1.36. The zero-order valence-electron chi connectivity index (χ0n) is 13.2. The van der Waals surface area contributed by atoms with Gasteiger partial charge < -0.3 is 10.2 Å². The van der Waals surface area contributed by atoms with Gasteiger partial charge in [-0.25, -0.2) is 8.42 Å². The van der Waals surface area contributed by atoms with E-state index >= 15 is 0 Å². The Hall–Kier alpha value is -2.15. The van der Waals surface area contributed by atoms with E-state index in [2.05, 4.69) is 5.32 Å². The highest BCUT2D eigenvalue weighted by Gasteiger charge is 2.28. The molecule has 2 rings (SSSR count). The molecule has 1 atom stereocenters. The third-order valence-corrected chi connectivity index (χ3v) is 5.34. The summed E-state index contributed by atoms with van der Waals surface area (Å²) in [5.74, 6) is -0.266. The minimum absolute atomic E-state index is 0.00786. The molecular formula is C16H20N2O4S. The summed E-state index contributed by atoms with van der Waals surface area (Å²) in [4.78, 5) is 25.1. The van der Waals surface area contributed by atoms with E-state index in [0.29, 0.717) is 12.0 Å². The molecule has 2 amide bonds. The summed E-state index contributed by atoms with van der Waals surface area (Å²) < 4.78 is 22.7. The number of carbonyl (C=O) groups is 2. The molecule has 0 saturated carbocycles. The second-order valence-electron chi connectivity index (χ2n) is 5.76. The third kappa shape index (κ3) is 4.92. The Morgan fingerprint density at radius 2 is 1.87 bits per heavy atom. The first kappa shape index (κ1) is 17.2. The van der Waals surface area contributed by atoms with Crippen molar-refractivity contribution in [2.75, 3.05) is 25.6 Å². The van der Waals surface area contributed by atoms with E-state index < -0.39 is 9.84 Å². The summed E-state index contributed by atoms with van der Waals surface area (Å²) >= 11 is 0. The van der Waals surface area contributed by atoms with Gasteiger partial charge in [-0.1, -0.05) is 12.1 Å². The van der Waals surface area contributed by atoms with Crippen molar-refractivity contribution in [3.05, 3.63) is 41.5 Å². The monoisotopic (exact) mass is 336 g/mol. The third-order valence-electron chi connectivity index (χ3n) is 3.57. The molecule has 7 heteroatoms. The number of sulfone groups is 1. The van der Waals surface area contributed by atoms with Crippen molar-refractivity contribution in [1.29, 1.82) is 0 Å². The highest BCUT2D eigenvalue weighted by molar-refractivity contribution is 7.91. The van der Waals surface area contributed by atoms with Crippen LogP contribution >= 0.6 is 0 Å². The Morgan fingerprint density at radius 3 is 2.39 bits per heavy atom. The number of nitrogens with zero attached hydrogens (tertiary/aromatic N) is 1. The molecule has 1 unspecified atom stereocenters. The van der Waals surface area contributed by atoms with E-state index in [1.165, 1.54) is 11.0 Å². The minimum Gasteiger partial charge on any atom is -0.349 e. The van der Waals surface area contributed by atoms with Gasteiger partial charge in [-0.15, -0.1) is 0 Å². The molecule has 1 saturated heterocycles. The maximum atomic E-state index is 11.8. The Morgan fingerprint density at radius 1 is 1.22 bits per heavy atom. The SMILES string of the molecule is CN(C)C(=O)c1ccc(/C=C/C(=O)NC2CCS(=O)(=O)C2)cc1. The Kier molecular flexibility index (Phi) is 5.20.